The van der Waals surface area contributed by atoms with Crippen molar-refractivity contribution in [3.05, 3.63) is 90.9 Å². The van der Waals surface area contributed by atoms with Crippen LogP contribution in [0.3, 0.4) is 0 Å². The van der Waals surface area contributed by atoms with Crippen molar-refractivity contribution in [1.82, 2.24) is 24.6 Å². The number of fused-ring (bicyclic) bond motifs is 1. The number of ether oxygens (including phenoxy) is 1. The summed E-state index contributed by atoms with van der Waals surface area (Å²) in [6.45, 7) is 0.513. The summed E-state index contributed by atoms with van der Waals surface area (Å²) in [6.07, 6.45) is 4.97. The number of benzene rings is 2. The van der Waals surface area contributed by atoms with Crippen LogP contribution in [0.5, 0.6) is 17.4 Å². The molecule has 0 radical (unpaired) electrons. The molecule has 0 fully saturated rings. The van der Waals surface area contributed by atoms with Gasteiger partial charge in [0.05, 0.1) is 5.56 Å². The Labute approximate surface area is 177 Å². The Kier molecular flexibility index (Phi) is 4.86. The highest BCUT2D eigenvalue weighted by atomic mass is 16.5. The number of aromatic nitrogens is 5. The molecule has 2 aromatic carbocycles. The van der Waals surface area contributed by atoms with Crippen molar-refractivity contribution in [3.8, 4) is 28.5 Å². The van der Waals surface area contributed by atoms with Gasteiger partial charge in [-0.05, 0) is 35.4 Å². The van der Waals surface area contributed by atoms with Gasteiger partial charge in [-0.3, -0.25) is 4.98 Å². The van der Waals surface area contributed by atoms with E-state index >= 15 is 0 Å². The van der Waals surface area contributed by atoms with Crippen LogP contribution in [0, 0.1) is 0 Å². The molecule has 5 aromatic rings. The zero-order chi connectivity index (χ0) is 21.0. The number of anilines is 1. The van der Waals surface area contributed by atoms with Gasteiger partial charge < -0.3 is 15.2 Å². The number of hydrogen-bond acceptors (Lipinski definition) is 7. The molecule has 0 aliphatic heterocycles. The summed E-state index contributed by atoms with van der Waals surface area (Å²) >= 11 is 0. The van der Waals surface area contributed by atoms with E-state index in [0.717, 1.165) is 22.6 Å². The number of hydrogen-bond donors (Lipinski definition) is 2. The first kappa shape index (κ1) is 18.6. The van der Waals surface area contributed by atoms with Crippen LogP contribution in [0.25, 0.3) is 16.9 Å². The van der Waals surface area contributed by atoms with Gasteiger partial charge in [-0.2, -0.15) is 9.50 Å². The zero-order valence-electron chi connectivity index (χ0n) is 16.4. The van der Waals surface area contributed by atoms with E-state index in [4.69, 9.17) is 4.74 Å². The molecule has 0 saturated heterocycles. The third kappa shape index (κ3) is 3.99. The van der Waals surface area contributed by atoms with E-state index in [1.165, 1.54) is 4.52 Å². The highest BCUT2D eigenvalue weighted by Crippen LogP contribution is 2.28. The second kappa shape index (κ2) is 8.11. The summed E-state index contributed by atoms with van der Waals surface area (Å²) in [5.41, 5.74) is 2.48. The first-order chi connectivity index (χ1) is 15.3. The van der Waals surface area contributed by atoms with Gasteiger partial charge in [0.2, 0.25) is 11.8 Å². The average molecular weight is 410 g/mol. The molecule has 152 valence electrons. The van der Waals surface area contributed by atoms with Crippen molar-refractivity contribution in [2.45, 2.75) is 6.54 Å². The predicted molar refractivity (Wildman–Crippen MR) is 116 cm³/mol. The molecule has 0 aliphatic rings. The van der Waals surface area contributed by atoms with Gasteiger partial charge in [0.25, 0.3) is 5.78 Å². The van der Waals surface area contributed by atoms with Gasteiger partial charge in [-0.1, -0.05) is 42.5 Å². The molecule has 3 heterocycles. The van der Waals surface area contributed by atoms with Crippen LogP contribution in [-0.4, -0.2) is 29.7 Å². The van der Waals surface area contributed by atoms with Gasteiger partial charge in [0.15, 0.2) is 0 Å². The molecule has 8 nitrogen and oxygen atoms in total. The van der Waals surface area contributed by atoms with E-state index in [-0.39, 0.29) is 5.88 Å². The Morgan fingerprint density at radius 1 is 0.903 bits per heavy atom. The van der Waals surface area contributed by atoms with Crippen molar-refractivity contribution < 1.29 is 9.84 Å². The quantitative estimate of drug-likeness (QED) is 0.431. The summed E-state index contributed by atoms with van der Waals surface area (Å²) in [4.78, 5) is 12.6. The van der Waals surface area contributed by atoms with Gasteiger partial charge in [-0.15, -0.1) is 5.10 Å². The molecule has 2 N–H and O–H groups in total. The third-order valence-corrected chi connectivity index (χ3v) is 4.68. The maximum atomic E-state index is 10.6. The highest BCUT2D eigenvalue weighted by molar-refractivity contribution is 5.68. The second-order valence-electron chi connectivity index (χ2n) is 6.79. The van der Waals surface area contributed by atoms with E-state index in [2.05, 4.69) is 25.4 Å². The van der Waals surface area contributed by atoms with E-state index in [9.17, 15) is 5.11 Å². The summed E-state index contributed by atoms with van der Waals surface area (Å²) in [6, 6.07) is 20.9. The summed E-state index contributed by atoms with van der Waals surface area (Å²) in [5, 5.41) is 18.1. The predicted octanol–water partition coefficient (Wildman–Crippen LogP) is 4.30. The molecule has 0 atom stereocenters. The SMILES string of the molecule is Oc1c(-c2ccccc2)cnc2nc(NCc3ccc(Oc4ccncc4)cc3)nn12. The minimum atomic E-state index is -0.00522. The van der Waals surface area contributed by atoms with Gasteiger partial charge in [0, 0.05) is 25.1 Å². The van der Waals surface area contributed by atoms with Crippen molar-refractivity contribution >= 4 is 11.7 Å². The molecule has 5 rings (SSSR count). The number of nitrogens with one attached hydrogen (secondary N) is 1. The standard InChI is InChI=1S/C23H18N6O2/c30-21-20(17-4-2-1-3-5-17)15-26-23-27-22(28-29(21)23)25-14-16-6-8-18(9-7-16)31-19-10-12-24-13-11-19/h1-13,15,30H,14H2,(H,25,28). The normalized spacial score (nSPS) is 10.8. The fraction of sp³-hybridized carbons (Fsp3) is 0.0435. The highest BCUT2D eigenvalue weighted by Gasteiger charge is 2.13. The van der Waals surface area contributed by atoms with Crippen molar-refractivity contribution in [2.75, 3.05) is 5.32 Å². The molecule has 0 amide bonds. The molecule has 0 aliphatic carbocycles. The molecule has 31 heavy (non-hydrogen) atoms. The van der Waals surface area contributed by atoms with Crippen LogP contribution in [0.4, 0.5) is 5.95 Å². The molecule has 3 aromatic heterocycles. The summed E-state index contributed by atoms with van der Waals surface area (Å²) in [7, 11) is 0. The van der Waals surface area contributed by atoms with Crippen molar-refractivity contribution in [3.63, 3.8) is 0 Å². The lowest BCUT2D eigenvalue weighted by Gasteiger charge is -2.07. The molecular formula is C23H18N6O2. The van der Waals surface area contributed by atoms with Gasteiger partial charge in [0.1, 0.15) is 11.5 Å². The first-order valence-corrected chi connectivity index (χ1v) is 9.67. The maximum Gasteiger partial charge on any atom is 0.257 e. The summed E-state index contributed by atoms with van der Waals surface area (Å²) in [5.74, 6) is 2.17. The minimum Gasteiger partial charge on any atom is -0.493 e. The number of rotatable bonds is 6. The van der Waals surface area contributed by atoms with Crippen LogP contribution in [-0.2, 0) is 6.54 Å². The van der Waals surface area contributed by atoms with Crippen molar-refractivity contribution in [1.29, 1.82) is 0 Å². The van der Waals surface area contributed by atoms with Crippen LogP contribution in [0.2, 0.25) is 0 Å². The summed E-state index contributed by atoms with van der Waals surface area (Å²) < 4.78 is 7.10. The van der Waals surface area contributed by atoms with E-state index < -0.39 is 0 Å². The van der Waals surface area contributed by atoms with Crippen LogP contribution in [0.1, 0.15) is 5.56 Å². The van der Waals surface area contributed by atoms with Gasteiger partial charge >= 0.3 is 0 Å². The van der Waals surface area contributed by atoms with E-state index in [1.807, 2.05) is 54.6 Å². The molecule has 8 heteroatoms. The molecule has 0 bridgehead atoms. The fourth-order valence-corrected chi connectivity index (χ4v) is 3.12. The van der Waals surface area contributed by atoms with Crippen molar-refractivity contribution in [2.24, 2.45) is 0 Å². The number of pyridine rings is 1. The van der Waals surface area contributed by atoms with Crippen LogP contribution >= 0.6 is 0 Å². The largest absolute Gasteiger partial charge is 0.493 e. The van der Waals surface area contributed by atoms with E-state index in [0.29, 0.717) is 23.8 Å². The number of aromatic hydroxyl groups is 1. The number of nitrogens with zero attached hydrogens (tertiary/aromatic N) is 5. The Bertz CT molecular complexity index is 1310. The lowest BCUT2D eigenvalue weighted by Crippen LogP contribution is -2.01. The lowest BCUT2D eigenvalue weighted by atomic mass is 10.1. The fourth-order valence-electron chi connectivity index (χ4n) is 3.12. The Hall–Kier alpha value is -4.46. The Morgan fingerprint density at radius 3 is 2.42 bits per heavy atom. The topological polar surface area (TPSA) is 97.5 Å². The molecule has 0 unspecified atom stereocenters. The maximum absolute atomic E-state index is 10.6. The van der Waals surface area contributed by atoms with Crippen LogP contribution in [0.15, 0.2) is 85.3 Å². The monoisotopic (exact) mass is 410 g/mol. The molecule has 0 saturated carbocycles. The third-order valence-electron chi connectivity index (χ3n) is 4.68. The minimum absolute atomic E-state index is 0.00522. The smallest absolute Gasteiger partial charge is 0.257 e. The zero-order valence-corrected chi connectivity index (χ0v) is 16.4. The molecular weight excluding hydrogens is 392 g/mol. The molecule has 0 spiro atoms. The van der Waals surface area contributed by atoms with Gasteiger partial charge in [-0.25, -0.2) is 4.98 Å². The first-order valence-electron chi connectivity index (χ1n) is 9.67. The van der Waals surface area contributed by atoms with E-state index in [1.54, 1.807) is 30.7 Å². The Balaban J connectivity index is 1.29. The average Bonchev–Trinajstić information content (AvgIpc) is 3.24. The van der Waals surface area contributed by atoms with Crippen LogP contribution < -0.4 is 10.1 Å². The Morgan fingerprint density at radius 2 is 1.65 bits per heavy atom. The lowest BCUT2D eigenvalue weighted by molar-refractivity contribution is 0.437. The second-order valence-corrected chi connectivity index (χ2v) is 6.79.